The molecule has 0 radical (unpaired) electrons. The molecule has 0 saturated carbocycles. The summed E-state index contributed by atoms with van der Waals surface area (Å²) in [6.07, 6.45) is -0.541. The number of anilines is 1. The molecule has 11 heteroatoms. The van der Waals surface area contributed by atoms with Crippen LogP contribution in [-0.4, -0.2) is 40.9 Å². The first kappa shape index (κ1) is 28.0. The molecule has 5 rings (SSSR count). The molecular weight excluding hydrogens is 550 g/mol. The zero-order chi connectivity index (χ0) is 29.1. The molecule has 2 aliphatic heterocycles. The topological polar surface area (TPSA) is 123 Å². The first-order valence-corrected chi connectivity index (χ1v) is 13.5. The molecule has 2 aliphatic rings. The molecule has 3 aromatic rings. The molecule has 1 atom stereocenters. The van der Waals surface area contributed by atoms with Crippen LogP contribution in [0.15, 0.2) is 60.7 Å². The van der Waals surface area contributed by atoms with E-state index in [1.54, 1.807) is 48.5 Å². The number of para-hydroxylation sites is 1. The summed E-state index contributed by atoms with van der Waals surface area (Å²) in [6, 6.07) is 16.6. The van der Waals surface area contributed by atoms with Gasteiger partial charge in [0, 0.05) is 24.2 Å². The molecule has 1 saturated heterocycles. The first-order chi connectivity index (χ1) is 19.7. The molecule has 212 valence electrons. The second-order valence-corrected chi connectivity index (χ2v) is 10.3. The van der Waals surface area contributed by atoms with Crippen LogP contribution in [0.2, 0.25) is 5.02 Å². The predicted octanol–water partition coefficient (Wildman–Crippen LogP) is 5.43. The fourth-order valence-electron chi connectivity index (χ4n) is 4.70. The highest BCUT2D eigenvalue weighted by molar-refractivity contribution is 6.32. The molecule has 2 N–H and O–H groups in total. The van der Waals surface area contributed by atoms with Crippen molar-refractivity contribution in [2.24, 2.45) is 0 Å². The van der Waals surface area contributed by atoms with Crippen molar-refractivity contribution in [3.8, 4) is 17.2 Å². The zero-order valence-electron chi connectivity index (χ0n) is 22.4. The van der Waals surface area contributed by atoms with Crippen molar-refractivity contribution >= 4 is 41.1 Å². The molecule has 0 spiro atoms. The highest BCUT2D eigenvalue weighted by atomic mass is 35.5. The Labute approximate surface area is 241 Å². The predicted molar refractivity (Wildman–Crippen MR) is 150 cm³/mol. The van der Waals surface area contributed by atoms with Gasteiger partial charge in [-0.15, -0.1) is 0 Å². The van der Waals surface area contributed by atoms with Crippen LogP contribution in [0.5, 0.6) is 17.2 Å². The number of benzene rings is 3. The number of nitrogens with one attached hydrogen (secondary N) is 2. The third kappa shape index (κ3) is 6.28. The fourth-order valence-corrected chi connectivity index (χ4v) is 4.88. The highest BCUT2D eigenvalue weighted by Crippen LogP contribution is 2.37. The number of amides is 4. The van der Waals surface area contributed by atoms with E-state index in [1.807, 2.05) is 26.0 Å². The van der Waals surface area contributed by atoms with Gasteiger partial charge in [0.2, 0.25) is 11.8 Å². The molecule has 0 aromatic heterocycles. The number of rotatable bonds is 8. The van der Waals surface area contributed by atoms with Crippen LogP contribution in [-0.2, 0) is 27.5 Å². The summed E-state index contributed by atoms with van der Waals surface area (Å²) in [5.74, 6) is 0.167. The Bertz CT molecular complexity index is 1510. The van der Waals surface area contributed by atoms with Crippen LogP contribution in [0.3, 0.4) is 0 Å². The van der Waals surface area contributed by atoms with E-state index in [2.05, 4.69) is 10.6 Å². The van der Waals surface area contributed by atoms with E-state index in [9.17, 15) is 19.2 Å². The molecular formula is C30H28ClN3O7. The standard InChI is InChI=1S/C30H28ClN3O7/c1-17(2)40-27-19(8-7-18-15-34(29(37)26(18)27)23-13-14-25(35)33-28(23)36)16-39-30(38)32-20-9-11-21(12-10-20)41-24-6-4-3-5-22(24)31/h3-12,17,23H,13-16H2,1-2H3,(H,32,38)(H,33,35,36). The smallest absolute Gasteiger partial charge is 0.411 e. The van der Waals surface area contributed by atoms with Crippen LogP contribution in [0, 0.1) is 0 Å². The van der Waals surface area contributed by atoms with Crippen molar-refractivity contribution in [2.75, 3.05) is 5.32 Å². The van der Waals surface area contributed by atoms with Crippen molar-refractivity contribution in [2.45, 2.75) is 52.0 Å². The van der Waals surface area contributed by atoms with E-state index < -0.39 is 18.0 Å². The Kier molecular flexibility index (Phi) is 8.11. The van der Waals surface area contributed by atoms with Gasteiger partial charge in [0.15, 0.2) is 0 Å². The van der Waals surface area contributed by atoms with E-state index in [0.717, 1.165) is 0 Å². The number of imide groups is 1. The van der Waals surface area contributed by atoms with Crippen molar-refractivity contribution in [3.63, 3.8) is 0 Å². The third-order valence-corrected chi connectivity index (χ3v) is 6.92. The average molecular weight is 578 g/mol. The van der Waals surface area contributed by atoms with Gasteiger partial charge in [-0.25, -0.2) is 4.79 Å². The maximum atomic E-state index is 13.5. The van der Waals surface area contributed by atoms with Gasteiger partial charge in [0.1, 0.15) is 29.9 Å². The second-order valence-electron chi connectivity index (χ2n) is 9.91. The fraction of sp³-hybridized carbons (Fsp3) is 0.267. The van der Waals surface area contributed by atoms with Gasteiger partial charge in [0.05, 0.1) is 16.7 Å². The van der Waals surface area contributed by atoms with E-state index in [4.69, 9.17) is 25.8 Å². The normalized spacial score (nSPS) is 16.3. The molecule has 1 unspecified atom stereocenters. The summed E-state index contributed by atoms with van der Waals surface area (Å²) in [6.45, 7) is 3.72. The summed E-state index contributed by atoms with van der Waals surface area (Å²) >= 11 is 6.14. The minimum atomic E-state index is -0.744. The van der Waals surface area contributed by atoms with Crippen LogP contribution < -0.4 is 20.1 Å². The van der Waals surface area contributed by atoms with E-state index in [-0.39, 0.29) is 43.9 Å². The quantitative estimate of drug-likeness (QED) is 0.342. The maximum Gasteiger partial charge on any atom is 0.411 e. The van der Waals surface area contributed by atoms with Gasteiger partial charge in [-0.05, 0) is 62.2 Å². The first-order valence-electron chi connectivity index (χ1n) is 13.1. The number of piperidine rings is 1. The summed E-state index contributed by atoms with van der Waals surface area (Å²) in [5.41, 5.74) is 2.03. The van der Waals surface area contributed by atoms with Gasteiger partial charge in [-0.3, -0.25) is 25.0 Å². The number of fused-ring (bicyclic) bond motifs is 1. The SMILES string of the molecule is CC(C)Oc1c(COC(=O)Nc2ccc(Oc3ccccc3Cl)cc2)ccc2c1C(=O)N(C1CCC(=O)NC1=O)C2. The maximum absolute atomic E-state index is 13.5. The van der Waals surface area contributed by atoms with Crippen LogP contribution in [0.1, 0.15) is 48.2 Å². The lowest BCUT2D eigenvalue weighted by Crippen LogP contribution is -2.52. The largest absolute Gasteiger partial charge is 0.490 e. The van der Waals surface area contributed by atoms with Crippen LogP contribution in [0.4, 0.5) is 10.5 Å². The Balaban J connectivity index is 1.25. The molecule has 3 aromatic carbocycles. The Hall–Kier alpha value is -4.57. The minimum Gasteiger partial charge on any atom is -0.490 e. The molecule has 0 bridgehead atoms. The lowest BCUT2D eigenvalue weighted by Gasteiger charge is -2.29. The number of halogens is 1. The number of hydrogen-bond acceptors (Lipinski definition) is 7. The molecule has 0 aliphatic carbocycles. The molecule has 10 nitrogen and oxygen atoms in total. The molecule has 4 amide bonds. The molecule has 41 heavy (non-hydrogen) atoms. The van der Waals surface area contributed by atoms with Crippen LogP contribution >= 0.6 is 11.6 Å². The number of hydrogen-bond donors (Lipinski definition) is 2. The molecule has 2 heterocycles. The number of carbonyl (C=O) groups is 4. The second kappa shape index (κ2) is 11.9. The monoisotopic (exact) mass is 577 g/mol. The van der Waals surface area contributed by atoms with Crippen LogP contribution in [0.25, 0.3) is 0 Å². The van der Waals surface area contributed by atoms with Gasteiger partial charge >= 0.3 is 6.09 Å². The number of ether oxygens (including phenoxy) is 3. The van der Waals surface area contributed by atoms with Crippen molar-refractivity contribution in [1.82, 2.24) is 10.2 Å². The summed E-state index contributed by atoms with van der Waals surface area (Å²) in [7, 11) is 0. The number of nitrogens with zero attached hydrogens (tertiary/aromatic N) is 1. The van der Waals surface area contributed by atoms with E-state index >= 15 is 0 Å². The Morgan fingerprint density at radius 3 is 2.54 bits per heavy atom. The van der Waals surface area contributed by atoms with Gasteiger partial charge in [0.25, 0.3) is 5.91 Å². The van der Waals surface area contributed by atoms with Gasteiger partial charge in [-0.1, -0.05) is 35.9 Å². The minimum absolute atomic E-state index is 0.152. The van der Waals surface area contributed by atoms with E-state index in [0.29, 0.717) is 44.6 Å². The molecule has 1 fully saturated rings. The lowest BCUT2D eigenvalue weighted by molar-refractivity contribution is -0.136. The van der Waals surface area contributed by atoms with Crippen molar-refractivity contribution < 1.29 is 33.4 Å². The summed E-state index contributed by atoms with van der Waals surface area (Å²) < 4.78 is 17.2. The van der Waals surface area contributed by atoms with Gasteiger partial charge in [-0.2, -0.15) is 0 Å². The zero-order valence-corrected chi connectivity index (χ0v) is 23.2. The summed E-state index contributed by atoms with van der Waals surface area (Å²) in [5, 5.41) is 5.45. The highest BCUT2D eigenvalue weighted by Gasteiger charge is 2.41. The Morgan fingerprint density at radius 1 is 1.07 bits per heavy atom. The van der Waals surface area contributed by atoms with Crippen molar-refractivity contribution in [3.05, 3.63) is 82.4 Å². The Morgan fingerprint density at radius 2 is 1.83 bits per heavy atom. The summed E-state index contributed by atoms with van der Waals surface area (Å²) in [4.78, 5) is 51.5. The van der Waals surface area contributed by atoms with E-state index in [1.165, 1.54) is 4.90 Å². The van der Waals surface area contributed by atoms with Crippen molar-refractivity contribution in [1.29, 1.82) is 0 Å². The van der Waals surface area contributed by atoms with Gasteiger partial charge < -0.3 is 19.1 Å². The average Bonchev–Trinajstić information content (AvgIpc) is 3.26. The number of carbonyl (C=O) groups excluding carboxylic acids is 4. The lowest BCUT2D eigenvalue weighted by atomic mass is 10.0. The third-order valence-electron chi connectivity index (χ3n) is 6.60.